The summed E-state index contributed by atoms with van der Waals surface area (Å²) >= 11 is 5.96. The monoisotopic (exact) mass is 337 g/mol. The Bertz CT molecular complexity index is 560. The van der Waals surface area contributed by atoms with Gasteiger partial charge in [-0.2, -0.15) is 0 Å². The zero-order valence-electron chi connectivity index (χ0n) is 12.3. The van der Waals surface area contributed by atoms with Crippen molar-refractivity contribution in [2.75, 3.05) is 13.1 Å². The van der Waals surface area contributed by atoms with E-state index < -0.39 is 0 Å². The maximum absolute atomic E-state index is 5.96. The quantitative estimate of drug-likeness (QED) is 0.783. The van der Waals surface area contributed by atoms with Crippen LogP contribution in [0.3, 0.4) is 0 Å². The van der Waals surface area contributed by atoms with Crippen molar-refractivity contribution in [2.24, 2.45) is 5.92 Å². The van der Waals surface area contributed by atoms with E-state index in [-0.39, 0.29) is 12.4 Å². The Morgan fingerprint density at radius 2 is 1.77 bits per heavy atom. The second kappa shape index (κ2) is 8.51. The lowest BCUT2D eigenvalue weighted by atomic mass is 9.95. The molecule has 2 aromatic rings. The van der Waals surface area contributed by atoms with Crippen molar-refractivity contribution in [3.05, 3.63) is 70.7 Å². The smallest absolute Gasteiger partial charge is 0.0515 e. The highest BCUT2D eigenvalue weighted by molar-refractivity contribution is 6.30. The van der Waals surface area contributed by atoms with Crippen molar-refractivity contribution < 1.29 is 0 Å². The number of hydrazine groups is 1. The summed E-state index contributed by atoms with van der Waals surface area (Å²) < 4.78 is 0. The minimum atomic E-state index is 0. The number of benzene rings is 2. The predicted molar refractivity (Wildman–Crippen MR) is 94.2 cm³/mol. The second-order valence-corrected chi connectivity index (χ2v) is 5.87. The molecular formula is C17H21Cl2N3. The Kier molecular flexibility index (Phi) is 6.68. The van der Waals surface area contributed by atoms with Gasteiger partial charge in [0.2, 0.25) is 0 Å². The van der Waals surface area contributed by atoms with E-state index in [0.29, 0.717) is 12.0 Å². The minimum absolute atomic E-state index is 0. The number of rotatable bonds is 5. The van der Waals surface area contributed by atoms with Crippen molar-refractivity contribution in [1.82, 2.24) is 16.2 Å². The van der Waals surface area contributed by atoms with Gasteiger partial charge in [0.1, 0.15) is 0 Å². The van der Waals surface area contributed by atoms with Crippen LogP contribution < -0.4 is 16.2 Å². The molecule has 0 amide bonds. The van der Waals surface area contributed by atoms with E-state index in [1.54, 1.807) is 0 Å². The van der Waals surface area contributed by atoms with Gasteiger partial charge in [0.25, 0.3) is 0 Å². The Morgan fingerprint density at radius 3 is 2.50 bits per heavy atom. The summed E-state index contributed by atoms with van der Waals surface area (Å²) in [5, 5.41) is 4.33. The van der Waals surface area contributed by atoms with Crippen molar-refractivity contribution in [3.8, 4) is 0 Å². The Balaban J connectivity index is 0.00000176. The minimum Gasteiger partial charge on any atom is -0.312 e. The normalized spacial score (nSPS) is 20.6. The zero-order chi connectivity index (χ0) is 14.5. The highest BCUT2D eigenvalue weighted by Gasteiger charge is 2.27. The average Bonchev–Trinajstić information content (AvgIpc) is 2.98. The topological polar surface area (TPSA) is 36.1 Å². The molecule has 1 aliphatic rings. The highest BCUT2D eigenvalue weighted by atomic mass is 35.5. The molecule has 0 radical (unpaired) electrons. The highest BCUT2D eigenvalue weighted by Crippen LogP contribution is 2.25. The molecule has 0 saturated carbocycles. The van der Waals surface area contributed by atoms with Crippen molar-refractivity contribution in [3.63, 3.8) is 0 Å². The lowest BCUT2D eigenvalue weighted by Crippen LogP contribution is -2.28. The van der Waals surface area contributed by atoms with Gasteiger partial charge in [-0.25, -0.2) is 5.43 Å². The first kappa shape index (κ1) is 17.3. The summed E-state index contributed by atoms with van der Waals surface area (Å²) in [6.45, 7) is 2.85. The van der Waals surface area contributed by atoms with Gasteiger partial charge in [0, 0.05) is 30.6 Å². The summed E-state index contributed by atoms with van der Waals surface area (Å²) in [5.74, 6) is 0.523. The first-order valence-corrected chi connectivity index (χ1v) is 7.69. The summed E-state index contributed by atoms with van der Waals surface area (Å²) in [6.07, 6.45) is 0. The number of hydrogen-bond acceptors (Lipinski definition) is 3. The molecule has 0 spiro atoms. The molecule has 1 heterocycles. The van der Waals surface area contributed by atoms with Gasteiger partial charge in [-0.05, 0) is 23.3 Å². The summed E-state index contributed by atoms with van der Waals surface area (Å²) in [6, 6.07) is 18.9. The summed E-state index contributed by atoms with van der Waals surface area (Å²) in [7, 11) is 0. The molecule has 0 bridgehead atoms. The molecule has 3 nitrogen and oxygen atoms in total. The van der Waals surface area contributed by atoms with Crippen molar-refractivity contribution in [1.29, 1.82) is 0 Å². The SMILES string of the molecule is Cl.Clc1ccc(C2NNCC2CNCc2ccccc2)cc1. The van der Waals surface area contributed by atoms with Crippen LogP contribution in [0, 0.1) is 5.92 Å². The van der Waals surface area contributed by atoms with E-state index in [1.807, 2.05) is 18.2 Å². The largest absolute Gasteiger partial charge is 0.312 e. The molecule has 1 aliphatic heterocycles. The van der Waals surface area contributed by atoms with Crippen LogP contribution >= 0.6 is 24.0 Å². The van der Waals surface area contributed by atoms with E-state index in [0.717, 1.165) is 24.7 Å². The lowest BCUT2D eigenvalue weighted by Gasteiger charge is -2.19. The molecule has 1 saturated heterocycles. The molecule has 2 atom stereocenters. The fraction of sp³-hybridized carbons (Fsp3) is 0.294. The number of nitrogens with one attached hydrogen (secondary N) is 3. The van der Waals surface area contributed by atoms with Crippen molar-refractivity contribution in [2.45, 2.75) is 12.6 Å². The van der Waals surface area contributed by atoms with E-state index in [1.165, 1.54) is 11.1 Å². The van der Waals surface area contributed by atoms with E-state index in [9.17, 15) is 0 Å². The Hall–Kier alpha value is -1.10. The molecule has 2 aromatic carbocycles. The molecular weight excluding hydrogens is 317 g/mol. The van der Waals surface area contributed by atoms with Crippen LogP contribution in [0.1, 0.15) is 17.2 Å². The number of hydrogen-bond donors (Lipinski definition) is 3. The lowest BCUT2D eigenvalue weighted by molar-refractivity contribution is 0.441. The van der Waals surface area contributed by atoms with Crippen LogP contribution in [-0.4, -0.2) is 13.1 Å². The summed E-state index contributed by atoms with van der Waals surface area (Å²) in [4.78, 5) is 0. The predicted octanol–water partition coefficient (Wildman–Crippen LogP) is 3.32. The zero-order valence-corrected chi connectivity index (χ0v) is 13.8. The fourth-order valence-electron chi connectivity index (χ4n) is 2.75. The average molecular weight is 338 g/mol. The van der Waals surface area contributed by atoms with Gasteiger partial charge in [0.05, 0.1) is 6.04 Å². The fourth-order valence-corrected chi connectivity index (χ4v) is 2.88. The molecule has 3 rings (SSSR count). The molecule has 2 unspecified atom stereocenters. The second-order valence-electron chi connectivity index (χ2n) is 5.43. The Labute approximate surface area is 142 Å². The molecule has 0 aliphatic carbocycles. The maximum Gasteiger partial charge on any atom is 0.0515 e. The van der Waals surface area contributed by atoms with Gasteiger partial charge in [-0.1, -0.05) is 54.1 Å². The third-order valence-corrected chi connectivity index (χ3v) is 4.15. The third kappa shape index (κ3) is 4.45. The van der Waals surface area contributed by atoms with Gasteiger partial charge < -0.3 is 5.32 Å². The van der Waals surface area contributed by atoms with Gasteiger partial charge in [-0.15, -0.1) is 12.4 Å². The van der Waals surface area contributed by atoms with Crippen LogP contribution in [0.4, 0.5) is 0 Å². The van der Waals surface area contributed by atoms with Crippen LogP contribution in [0.2, 0.25) is 5.02 Å². The van der Waals surface area contributed by atoms with Crippen LogP contribution in [-0.2, 0) is 6.54 Å². The standard InChI is InChI=1S/C17H20ClN3.ClH/c18-16-8-6-14(7-9-16)17-15(12-20-21-17)11-19-10-13-4-2-1-3-5-13;/h1-9,15,17,19-21H,10-12H2;1H. The van der Waals surface area contributed by atoms with Gasteiger partial charge in [0.15, 0.2) is 0 Å². The molecule has 118 valence electrons. The third-order valence-electron chi connectivity index (χ3n) is 3.90. The Morgan fingerprint density at radius 1 is 1.05 bits per heavy atom. The van der Waals surface area contributed by atoms with Crippen molar-refractivity contribution >= 4 is 24.0 Å². The summed E-state index contributed by atoms with van der Waals surface area (Å²) in [5.41, 5.74) is 9.21. The first-order valence-electron chi connectivity index (χ1n) is 7.31. The molecule has 22 heavy (non-hydrogen) atoms. The molecule has 5 heteroatoms. The van der Waals surface area contributed by atoms with E-state index in [2.05, 4.69) is 52.6 Å². The van der Waals surface area contributed by atoms with Crippen LogP contribution in [0.5, 0.6) is 0 Å². The number of halogens is 2. The van der Waals surface area contributed by atoms with Crippen LogP contribution in [0.15, 0.2) is 54.6 Å². The molecule has 3 N–H and O–H groups in total. The van der Waals surface area contributed by atoms with Crippen LogP contribution in [0.25, 0.3) is 0 Å². The first-order chi connectivity index (χ1) is 10.3. The van der Waals surface area contributed by atoms with E-state index >= 15 is 0 Å². The van der Waals surface area contributed by atoms with Gasteiger partial charge in [-0.3, -0.25) is 5.43 Å². The maximum atomic E-state index is 5.96. The molecule has 1 fully saturated rings. The van der Waals surface area contributed by atoms with E-state index in [4.69, 9.17) is 11.6 Å². The van der Waals surface area contributed by atoms with Gasteiger partial charge >= 0.3 is 0 Å². The molecule has 0 aromatic heterocycles.